The van der Waals surface area contributed by atoms with Gasteiger partial charge >= 0.3 is 6.18 Å². The van der Waals surface area contributed by atoms with Crippen molar-refractivity contribution < 1.29 is 18.0 Å². The van der Waals surface area contributed by atoms with Crippen molar-refractivity contribution in [2.45, 2.75) is 26.1 Å². The van der Waals surface area contributed by atoms with Crippen LogP contribution >= 0.6 is 0 Å². The van der Waals surface area contributed by atoms with Crippen LogP contribution in [0.15, 0.2) is 42.9 Å². The average Bonchev–Trinajstić information content (AvgIpc) is 3.16. The Bertz CT molecular complexity index is 1170. The van der Waals surface area contributed by atoms with Gasteiger partial charge in [0.2, 0.25) is 5.91 Å². The third-order valence-corrected chi connectivity index (χ3v) is 5.23. The highest BCUT2D eigenvalue weighted by molar-refractivity contribution is 5.79. The van der Waals surface area contributed by atoms with Crippen LogP contribution < -0.4 is 11.1 Å². The van der Waals surface area contributed by atoms with E-state index in [9.17, 15) is 18.0 Å². The number of benzene rings is 1. The molecule has 0 unspecified atom stereocenters. The van der Waals surface area contributed by atoms with E-state index in [0.29, 0.717) is 30.0 Å². The summed E-state index contributed by atoms with van der Waals surface area (Å²) in [6.07, 6.45) is 1.54. The van der Waals surface area contributed by atoms with Crippen molar-refractivity contribution in [3.05, 3.63) is 59.6 Å². The molecule has 162 valence electrons. The Kier molecular flexibility index (Phi) is 5.30. The zero-order chi connectivity index (χ0) is 22.2. The van der Waals surface area contributed by atoms with E-state index in [1.807, 2.05) is 18.3 Å². The van der Waals surface area contributed by atoms with Crippen molar-refractivity contribution >= 4 is 28.5 Å². The molecule has 0 aliphatic carbocycles. The topological polar surface area (TPSA) is 88.5 Å². The highest BCUT2D eigenvalue weighted by Gasteiger charge is 2.31. The first-order valence-electron chi connectivity index (χ1n) is 9.69. The van der Waals surface area contributed by atoms with Crippen LogP contribution in [0.2, 0.25) is 0 Å². The number of hydrogen-bond acceptors (Lipinski definition) is 5. The highest BCUT2D eigenvalue weighted by Crippen LogP contribution is 2.32. The van der Waals surface area contributed by atoms with Gasteiger partial charge in [0.25, 0.3) is 0 Å². The fourth-order valence-corrected chi connectivity index (χ4v) is 3.63. The standard InChI is InChI=1S/C21H21F3N6O/c1-13(31)29-4-2-15(3-5-29)16-8-19-20(27-12-28-30(19)11-16)26-10-14-6-17(21(22,23)24)9-18(25)7-14/h2,6-9,11-12H,3-5,10,25H2,1H3,(H,26,27,28). The van der Waals surface area contributed by atoms with Crippen LogP contribution in [0.4, 0.5) is 24.7 Å². The Morgan fingerprint density at radius 2 is 2.06 bits per heavy atom. The van der Waals surface area contributed by atoms with E-state index in [0.717, 1.165) is 29.7 Å². The number of carbonyl (C=O) groups excluding carboxylic acids is 1. The molecule has 0 fully saturated rings. The molecule has 3 N–H and O–H groups in total. The van der Waals surface area contributed by atoms with Crippen molar-refractivity contribution in [3.63, 3.8) is 0 Å². The summed E-state index contributed by atoms with van der Waals surface area (Å²) >= 11 is 0. The van der Waals surface area contributed by atoms with Crippen molar-refractivity contribution in [1.29, 1.82) is 0 Å². The number of amides is 1. The second kappa shape index (κ2) is 7.93. The van der Waals surface area contributed by atoms with Gasteiger partial charge in [-0.25, -0.2) is 9.50 Å². The summed E-state index contributed by atoms with van der Waals surface area (Å²) in [6, 6.07) is 5.41. The quantitative estimate of drug-likeness (QED) is 0.618. The minimum atomic E-state index is -4.46. The molecule has 1 aliphatic rings. The van der Waals surface area contributed by atoms with Crippen LogP contribution in [0.3, 0.4) is 0 Å². The lowest BCUT2D eigenvalue weighted by atomic mass is 10.0. The summed E-state index contributed by atoms with van der Waals surface area (Å²) in [6.45, 7) is 2.89. The fourth-order valence-electron chi connectivity index (χ4n) is 3.63. The molecule has 0 atom stereocenters. The molecule has 2 aromatic heterocycles. The number of anilines is 2. The van der Waals surface area contributed by atoms with Crippen LogP contribution in [0.1, 0.15) is 30.0 Å². The summed E-state index contributed by atoms with van der Waals surface area (Å²) in [5.74, 6) is 0.545. The van der Waals surface area contributed by atoms with Crippen LogP contribution in [-0.2, 0) is 17.5 Å². The van der Waals surface area contributed by atoms with Gasteiger partial charge in [-0.3, -0.25) is 4.79 Å². The van der Waals surface area contributed by atoms with E-state index in [4.69, 9.17) is 5.73 Å². The molecule has 3 heterocycles. The Labute approximate surface area is 176 Å². The molecular formula is C21H21F3N6O. The van der Waals surface area contributed by atoms with E-state index >= 15 is 0 Å². The summed E-state index contributed by atoms with van der Waals surface area (Å²) in [4.78, 5) is 17.5. The first-order valence-corrected chi connectivity index (χ1v) is 9.69. The van der Waals surface area contributed by atoms with Gasteiger partial charge in [-0.05, 0) is 47.4 Å². The number of nitrogens with two attached hydrogens (primary N) is 1. The summed E-state index contributed by atoms with van der Waals surface area (Å²) in [5, 5.41) is 7.30. The molecule has 0 saturated heterocycles. The number of nitrogen functional groups attached to an aromatic ring is 1. The lowest BCUT2D eigenvalue weighted by molar-refractivity contribution is -0.137. The SMILES string of the molecule is CC(=O)N1CC=C(c2cc3c(NCc4cc(N)cc(C(F)(F)F)c4)ncnn3c2)CC1. The van der Waals surface area contributed by atoms with Gasteiger partial charge in [0, 0.05) is 38.4 Å². The minimum Gasteiger partial charge on any atom is -0.399 e. The molecule has 0 bridgehead atoms. The number of fused-ring (bicyclic) bond motifs is 1. The van der Waals surface area contributed by atoms with Crippen molar-refractivity contribution in [2.75, 3.05) is 24.1 Å². The Morgan fingerprint density at radius 3 is 2.74 bits per heavy atom. The van der Waals surface area contributed by atoms with Crippen LogP contribution in [0, 0.1) is 0 Å². The Hall–Kier alpha value is -3.56. The number of nitrogens with one attached hydrogen (secondary N) is 1. The maximum Gasteiger partial charge on any atom is 0.416 e. The molecular weight excluding hydrogens is 409 g/mol. The van der Waals surface area contributed by atoms with E-state index < -0.39 is 11.7 Å². The molecule has 0 saturated carbocycles. The first-order chi connectivity index (χ1) is 14.7. The Morgan fingerprint density at radius 1 is 1.26 bits per heavy atom. The number of rotatable bonds is 4. The molecule has 7 nitrogen and oxygen atoms in total. The maximum absolute atomic E-state index is 13.0. The second-order valence-corrected chi connectivity index (χ2v) is 7.43. The third kappa shape index (κ3) is 4.47. The molecule has 3 aromatic rings. The normalized spacial score (nSPS) is 14.6. The van der Waals surface area contributed by atoms with Crippen LogP contribution in [-0.4, -0.2) is 38.5 Å². The molecule has 31 heavy (non-hydrogen) atoms. The monoisotopic (exact) mass is 430 g/mol. The molecule has 1 aliphatic heterocycles. The number of aromatic nitrogens is 3. The minimum absolute atomic E-state index is 0.0462. The molecule has 1 amide bonds. The number of alkyl halides is 3. The van der Waals surface area contributed by atoms with Crippen molar-refractivity contribution in [3.8, 4) is 0 Å². The molecule has 0 spiro atoms. The summed E-state index contributed by atoms with van der Waals surface area (Å²) in [5.41, 5.74) is 8.08. The van der Waals surface area contributed by atoms with Gasteiger partial charge in [0.1, 0.15) is 11.8 Å². The molecule has 10 heteroatoms. The van der Waals surface area contributed by atoms with E-state index in [1.165, 1.54) is 12.4 Å². The largest absolute Gasteiger partial charge is 0.416 e. The van der Waals surface area contributed by atoms with Crippen LogP contribution in [0.25, 0.3) is 11.1 Å². The lowest BCUT2D eigenvalue weighted by Gasteiger charge is -2.24. The zero-order valence-corrected chi connectivity index (χ0v) is 16.8. The molecule has 1 aromatic carbocycles. The molecule has 0 radical (unpaired) electrons. The van der Waals surface area contributed by atoms with Gasteiger partial charge in [0.05, 0.1) is 5.56 Å². The zero-order valence-electron chi connectivity index (χ0n) is 16.8. The second-order valence-electron chi connectivity index (χ2n) is 7.43. The number of carbonyl (C=O) groups is 1. The first kappa shape index (κ1) is 20.7. The number of nitrogens with zero attached hydrogens (tertiary/aromatic N) is 4. The van der Waals surface area contributed by atoms with E-state index in [1.54, 1.807) is 16.3 Å². The number of halogens is 3. The third-order valence-electron chi connectivity index (χ3n) is 5.23. The van der Waals surface area contributed by atoms with E-state index in [-0.39, 0.29) is 18.1 Å². The predicted molar refractivity (Wildman–Crippen MR) is 111 cm³/mol. The fraction of sp³-hybridized carbons (Fsp3) is 0.286. The lowest BCUT2D eigenvalue weighted by Crippen LogP contribution is -2.32. The van der Waals surface area contributed by atoms with Gasteiger partial charge in [-0.2, -0.15) is 18.3 Å². The van der Waals surface area contributed by atoms with E-state index in [2.05, 4.69) is 15.4 Å². The van der Waals surface area contributed by atoms with Gasteiger partial charge in [-0.15, -0.1) is 0 Å². The molecule has 4 rings (SSSR count). The van der Waals surface area contributed by atoms with Crippen LogP contribution in [0.5, 0.6) is 0 Å². The smallest absolute Gasteiger partial charge is 0.399 e. The highest BCUT2D eigenvalue weighted by atomic mass is 19.4. The predicted octanol–water partition coefficient (Wildman–Crippen LogP) is 3.58. The number of hydrogen-bond donors (Lipinski definition) is 2. The van der Waals surface area contributed by atoms with Crippen molar-refractivity contribution in [1.82, 2.24) is 19.5 Å². The van der Waals surface area contributed by atoms with Gasteiger partial charge in [0.15, 0.2) is 5.82 Å². The van der Waals surface area contributed by atoms with Crippen molar-refractivity contribution in [2.24, 2.45) is 0 Å². The van der Waals surface area contributed by atoms with Gasteiger partial charge in [-0.1, -0.05) is 6.08 Å². The van der Waals surface area contributed by atoms with Gasteiger partial charge < -0.3 is 16.0 Å². The Balaban J connectivity index is 1.56. The summed E-state index contributed by atoms with van der Waals surface area (Å²) in [7, 11) is 0. The average molecular weight is 430 g/mol. The summed E-state index contributed by atoms with van der Waals surface area (Å²) < 4.78 is 40.8. The maximum atomic E-state index is 13.0.